The zero-order chi connectivity index (χ0) is 13.9. The molecule has 5 nitrogen and oxygen atoms in total. The number of carbonyl (C=O) groups is 1. The molecule has 1 saturated carbocycles. The fourth-order valence-corrected chi connectivity index (χ4v) is 2.90. The van der Waals surface area contributed by atoms with Crippen molar-refractivity contribution in [3.05, 3.63) is 18.0 Å². The van der Waals surface area contributed by atoms with Crippen LogP contribution < -0.4 is 11.1 Å². The molecule has 0 spiro atoms. The second kappa shape index (κ2) is 5.69. The molecule has 6 heteroatoms. The predicted molar refractivity (Wildman–Crippen MR) is 77.9 cm³/mol. The minimum absolute atomic E-state index is 0.158. The van der Waals surface area contributed by atoms with Crippen LogP contribution in [0, 0.1) is 0 Å². The number of carbonyl (C=O) groups excluding carboxylic acids is 1. The first-order valence-electron chi connectivity index (χ1n) is 6.66. The Balaban J connectivity index is 2.19. The molecule has 1 heterocycles. The summed E-state index contributed by atoms with van der Waals surface area (Å²) in [6.07, 6.45) is 7.69. The number of nitrogens with zero attached hydrogens (tertiary/aromatic N) is 2. The highest BCUT2D eigenvalue weighted by Gasteiger charge is 2.36. The first-order valence-corrected chi connectivity index (χ1v) is 7.06. The Bertz CT molecular complexity index is 475. The molecular weight excluding hydrogens is 260 g/mol. The second-order valence-electron chi connectivity index (χ2n) is 5.15. The average Bonchev–Trinajstić information content (AvgIpc) is 2.64. The molecule has 0 radical (unpaired) electrons. The van der Waals surface area contributed by atoms with E-state index in [4.69, 9.17) is 18.0 Å². The molecule has 0 bridgehead atoms. The van der Waals surface area contributed by atoms with Crippen LogP contribution in [0.5, 0.6) is 0 Å². The van der Waals surface area contributed by atoms with E-state index >= 15 is 0 Å². The van der Waals surface area contributed by atoms with E-state index in [1.807, 2.05) is 0 Å². The van der Waals surface area contributed by atoms with Crippen molar-refractivity contribution in [2.75, 3.05) is 0 Å². The molecular formula is C13H20N4OS. The number of aromatic nitrogens is 2. The molecule has 1 aromatic heterocycles. The van der Waals surface area contributed by atoms with E-state index in [-0.39, 0.29) is 5.91 Å². The Hall–Kier alpha value is -1.43. The van der Waals surface area contributed by atoms with Gasteiger partial charge in [0.15, 0.2) is 0 Å². The standard InChI is InChI=1S/C13H20N4OS/c1-17-10(6-9-15-17)11(18)16-13(12(14)19)7-4-2-3-5-8-13/h6,9H,2-5,7-8H2,1H3,(H2,14,19)(H,16,18). The van der Waals surface area contributed by atoms with Crippen LogP contribution in [0.1, 0.15) is 49.0 Å². The van der Waals surface area contributed by atoms with E-state index in [0.717, 1.165) is 25.7 Å². The third-order valence-corrected chi connectivity index (χ3v) is 4.23. The van der Waals surface area contributed by atoms with Crippen LogP contribution >= 0.6 is 12.2 Å². The van der Waals surface area contributed by atoms with Crippen molar-refractivity contribution in [3.8, 4) is 0 Å². The minimum Gasteiger partial charge on any atom is -0.391 e. The summed E-state index contributed by atoms with van der Waals surface area (Å²) in [6, 6.07) is 1.69. The maximum absolute atomic E-state index is 12.3. The lowest BCUT2D eigenvalue weighted by Crippen LogP contribution is -2.56. The molecule has 0 unspecified atom stereocenters. The first-order chi connectivity index (χ1) is 9.05. The van der Waals surface area contributed by atoms with Gasteiger partial charge in [-0.15, -0.1) is 0 Å². The third kappa shape index (κ3) is 2.94. The zero-order valence-corrected chi connectivity index (χ0v) is 12.0. The van der Waals surface area contributed by atoms with Crippen LogP contribution in [-0.2, 0) is 7.05 Å². The molecule has 1 aromatic rings. The first kappa shape index (κ1) is 14.0. The highest BCUT2D eigenvalue weighted by atomic mass is 32.1. The molecule has 2 rings (SSSR count). The van der Waals surface area contributed by atoms with E-state index < -0.39 is 5.54 Å². The molecule has 0 saturated heterocycles. The van der Waals surface area contributed by atoms with Crippen LogP contribution in [0.2, 0.25) is 0 Å². The van der Waals surface area contributed by atoms with Crippen LogP contribution in [0.4, 0.5) is 0 Å². The van der Waals surface area contributed by atoms with Crippen molar-refractivity contribution in [1.82, 2.24) is 15.1 Å². The number of rotatable bonds is 3. The topological polar surface area (TPSA) is 72.9 Å². The summed E-state index contributed by atoms with van der Waals surface area (Å²) in [6.45, 7) is 0. The van der Waals surface area contributed by atoms with Gasteiger partial charge >= 0.3 is 0 Å². The van der Waals surface area contributed by atoms with Crippen molar-refractivity contribution in [2.45, 2.75) is 44.1 Å². The van der Waals surface area contributed by atoms with Crippen molar-refractivity contribution in [1.29, 1.82) is 0 Å². The van der Waals surface area contributed by atoms with E-state index in [2.05, 4.69) is 10.4 Å². The molecule has 104 valence electrons. The van der Waals surface area contributed by atoms with Gasteiger partial charge in [0.25, 0.3) is 5.91 Å². The Morgan fingerprint density at radius 2 is 2.05 bits per heavy atom. The van der Waals surface area contributed by atoms with Gasteiger partial charge in [0, 0.05) is 13.2 Å². The van der Waals surface area contributed by atoms with Crippen molar-refractivity contribution >= 4 is 23.1 Å². The van der Waals surface area contributed by atoms with E-state index in [1.54, 1.807) is 24.0 Å². The smallest absolute Gasteiger partial charge is 0.270 e. The number of amides is 1. The Morgan fingerprint density at radius 3 is 2.53 bits per heavy atom. The van der Waals surface area contributed by atoms with Crippen LogP contribution in [0.25, 0.3) is 0 Å². The lowest BCUT2D eigenvalue weighted by Gasteiger charge is -2.32. The zero-order valence-electron chi connectivity index (χ0n) is 11.2. The minimum atomic E-state index is -0.535. The molecule has 1 fully saturated rings. The second-order valence-corrected chi connectivity index (χ2v) is 5.59. The Morgan fingerprint density at radius 1 is 1.42 bits per heavy atom. The highest BCUT2D eigenvalue weighted by Crippen LogP contribution is 2.28. The quantitative estimate of drug-likeness (QED) is 0.650. The Labute approximate surface area is 118 Å². The highest BCUT2D eigenvalue weighted by molar-refractivity contribution is 7.80. The molecule has 1 aliphatic carbocycles. The van der Waals surface area contributed by atoms with Crippen molar-refractivity contribution in [3.63, 3.8) is 0 Å². The third-order valence-electron chi connectivity index (χ3n) is 3.84. The number of aryl methyl sites for hydroxylation is 1. The molecule has 19 heavy (non-hydrogen) atoms. The van der Waals surface area contributed by atoms with Gasteiger partial charge in [-0.25, -0.2) is 0 Å². The average molecular weight is 280 g/mol. The molecule has 0 atom stereocenters. The van der Waals surface area contributed by atoms with Gasteiger partial charge in [0.1, 0.15) is 5.69 Å². The van der Waals surface area contributed by atoms with Gasteiger partial charge in [-0.2, -0.15) is 5.10 Å². The largest absolute Gasteiger partial charge is 0.391 e. The van der Waals surface area contributed by atoms with Gasteiger partial charge in [-0.05, 0) is 18.9 Å². The number of hydrogen-bond acceptors (Lipinski definition) is 3. The maximum atomic E-state index is 12.3. The number of nitrogens with two attached hydrogens (primary N) is 1. The van der Waals surface area contributed by atoms with Crippen LogP contribution in [0.3, 0.4) is 0 Å². The summed E-state index contributed by atoms with van der Waals surface area (Å²) in [7, 11) is 1.75. The molecule has 1 amide bonds. The van der Waals surface area contributed by atoms with Crippen molar-refractivity contribution < 1.29 is 4.79 Å². The Kier molecular flexibility index (Phi) is 4.19. The summed E-state index contributed by atoms with van der Waals surface area (Å²) < 4.78 is 1.55. The maximum Gasteiger partial charge on any atom is 0.270 e. The molecule has 3 N–H and O–H groups in total. The molecule has 1 aliphatic rings. The predicted octanol–water partition coefficient (Wildman–Crippen LogP) is 1.53. The summed E-state index contributed by atoms with van der Waals surface area (Å²) in [5, 5.41) is 7.06. The molecule has 0 aliphatic heterocycles. The van der Waals surface area contributed by atoms with Crippen molar-refractivity contribution in [2.24, 2.45) is 12.8 Å². The SMILES string of the molecule is Cn1nccc1C(=O)NC1(C(N)=S)CCCCCC1. The summed E-state index contributed by atoms with van der Waals surface area (Å²) in [5.41, 5.74) is 5.90. The lowest BCUT2D eigenvalue weighted by molar-refractivity contribution is 0.0908. The normalized spacial score (nSPS) is 18.6. The van der Waals surface area contributed by atoms with E-state index in [9.17, 15) is 4.79 Å². The fraction of sp³-hybridized carbons (Fsp3) is 0.615. The van der Waals surface area contributed by atoms with Gasteiger partial charge < -0.3 is 11.1 Å². The number of thiocarbonyl (C=S) groups is 1. The lowest BCUT2D eigenvalue weighted by atomic mass is 9.90. The van der Waals surface area contributed by atoms with Gasteiger partial charge in [-0.1, -0.05) is 37.9 Å². The van der Waals surface area contributed by atoms with E-state index in [0.29, 0.717) is 10.7 Å². The van der Waals surface area contributed by atoms with Gasteiger partial charge in [0.05, 0.1) is 10.5 Å². The fourth-order valence-electron chi connectivity index (χ4n) is 2.64. The monoisotopic (exact) mass is 280 g/mol. The van der Waals surface area contributed by atoms with Gasteiger partial charge in [0.2, 0.25) is 0 Å². The summed E-state index contributed by atoms with van der Waals surface area (Å²) in [4.78, 5) is 12.7. The van der Waals surface area contributed by atoms with Crippen LogP contribution in [0.15, 0.2) is 12.3 Å². The summed E-state index contributed by atoms with van der Waals surface area (Å²) in [5.74, 6) is -0.158. The molecule has 0 aromatic carbocycles. The van der Waals surface area contributed by atoms with Gasteiger partial charge in [-0.3, -0.25) is 9.48 Å². The number of nitrogens with one attached hydrogen (secondary N) is 1. The van der Waals surface area contributed by atoms with E-state index in [1.165, 1.54) is 12.8 Å². The summed E-state index contributed by atoms with van der Waals surface area (Å²) >= 11 is 5.21. The number of hydrogen-bond donors (Lipinski definition) is 2. The van der Waals surface area contributed by atoms with Crippen LogP contribution in [-0.4, -0.2) is 26.2 Å².